The van der Waals surface area contributed by atoms with Crippen LogP contribution in [-0.2, 0) is 35.9 Å². The molecule has 52 heavy (non-hydrogen) atoms. The van der Waals surface area contributed by atoms with Crippen LogP contribution in [0, 0.1) is 0 Å². The molecule has 0 aliphatic carbocycles. The number of benzene rings is 3. The highest BCUT2D eigenvalue weighted by molar-refractivity contribution is 5.55. The topological polar surface area (TPSA) is 65.1 Å². The smallest absolute Gasteiger partial charge is 0.231 e. The summed E-state index contributed by atoms with van der Waals surface area (Å²) in [5, 5.41) is 0. The maximum atomic E-state index is 5.52. The predicted octanol–water partition coefficient (Wildman–Crippen LogP) is 7.48. The van der Waals surface area contributed by atoms with Crippen LogP contribution in [0.3, 0.4) is 0 Å². The Morgan fingerprint density at radius 3 is 0.962 bits per heavy atom. The van der Waals surface area contributed by atoms with Gasteiger partial charge in [0, 0.05) is 54.0 Å². The minimum atomic E-state index is 0. The summed E-state index contributed by atoms with van der Waals surface area (Å²) in [4.78, 5) is 7.72. The van der Waals surface area contributed by atoms with Crippen molar-refractivity contribution in [2.45, 2.75) is 122 Å². The fourth-order valence-corrected chi connectivity index (χ4v) is 10.9. The second-order valence-corrected chi connectivity index (χ2v) is 17.0. The van der Waals surface area contributed by atoms with E-state index in [1.807, 2.05) is 0 Å². The van der Waals surface area contributed by atoms with Crippen LogP contribution in [0.15, 0.2) is 36.4 Å². The molecule has 0 radical (unpaired) electrons. The van der Waals surface area contributed by atoms with Crippen LogP contribution in [0.5, 0.6) is 34.5 Å². The normalized spacial score (nSPS) is 36.3. The molecule has 0 N–H and O–H groups in total. The van der Waals surface area contributed by atoms with Gasteiger partial charge in [-0.05, 0) is 129 Å². The Bertz CT molecular complexity index is 1720. The van der Waals surface area contributed by atoms with E-state index in [-0.39, 0.29) is 23.7 Å². The summed E-state index contributed by atoms with van der Waals surface area (Å²) in [5.41, 5.74) is 9.55. The third-order valence-electron chi connectivity index (χ3n) is 14.9. The summed E-state index contributed by atoms with van der Waals surface area (Å²) < 4.78 is 33.0. The summed E-state index contributed by atoms with van der Waals surface area (Å²) in [6.45, 7) is 22.1. The van der Waals surface area contributed by atoms with Gasteiger partial charge < -0.3 is 28.4 Å². The van der Waals surface area contributed by atoms with Gasteiger partial charge in [0.1, 0.15) is 0 Å². The number of hydrogen-bond donors (Lipinski definition) is 0. The molecule has 9 atom stereocenters. The first-order chi connectivity index (χ1) is 24.5. The molecule has 6 bridgehead atoms. The lowest BCUT2D eigenvalue weighted by molar-refractivity contribution is 0.173. The van der Waals surface area contributed by atoms with Crippen molar-refractivity contribution in [2.75, 3.05) is 40.0 Å². The van der Waals surface area contributed by atoms with Crippen molar-refractivity contribution in [2.24, 2.45) is 0 Å². The Morgan fingerprint density at radius 1 is 0.442 bits per heavy atom. The van der Waals surface area contributed by atoms with Crippen molar-refractivity contribution >= 4 is 0 Å². The molecule has 0 saturated carbocycles. The first-order valence-electron chi connectivity index (χ1n) is 19.1. The van der Waals surface area contributed by atoms with Crippen molar-refractivity contribution in [1.29, 1.82) is 0 Å². The monoisotopic (exact) mass is 709 g/mol. The van der Waals surface area contributed by atoms with E-state index >= 15 is 0 Å². The van der Waals surface area contributed by atoms with E-state index in [1.54, 1.807) is 0 Å². The summed E-state index contributed by atoms with van der Waals surface area (Å²) in [6, 6.07) is 15.1. The number of fused-ring (bicyclic) bond motifs is 15. The number of nitrogens with zero attached hydrogens (tertiary/aromatic N) is 3. The van der Waals surface area contributed by atoms with Crippen molar-refractivity contribution in [3.8, 4) is 34.5 Å². The Hall–Kier alpha value is -3.66. The zero-order chi connectivity index (χ0) is 34.9. The number of ether oxygens (including phenoxy) is 6. The molecule has 9 aliphatic heterocycles. The van der Waals surface area contributed by atoms with Crippen molar-refractivity contribution in [3.63, 3.8) is 0 Å². The van der Waals surface area contributed by atoms with Gasteiger partial charge in [-0.25, -0.2) is 0 Å². The van der Waals surface area contributed by atoms with Crippen LogP contribution in [0.25, 0.3) is 0 Å². The zero-order valence-corrected chi connectivity index (χ0v) is 31.0. The molecule has 3 aromatic carbocycles. The molecule has 0 amide bonds. The van der Waals surface area contributed by atoms with Crippen molar-refractivity contribution in [1.82, 2.24) is 14.7 Å². The van der Waals surface area contributed by atoms with Crippen LogP contribution < -0.4 is 28.4 Å². The van der Waals surface area contributed by atoms with Gasteiger partial charge in [0.25, 0.3) is 0 Å². The van der Waals surface area contributed by atoms with Gasteiger partial charge in [0.2, 0.25) is 20.4 Å². The minimum Gasteiger partial charge on any atom is -0.454 e. The third kappa shape index (κ3) is 4.84. The predicted molar refractivity (Wildman–Crippen MR) is 200 cm³/mol. The summed E-state index contributed by atoms with van der Waals surface area (Å²) >= 11 is 0. The van der Waals surface area contributed by atoms with Crippen LogP contribution in [0.4, 0.5) is 0 Å². The Kier molecular flexibility index (Phi) is 7.83. The molecule has 3 fully saturated rings. The molecule has 9 heterocycles. The molecule has 9 aliphatic rings. The Balaban J connectivity index is 0.000000103. The van der Waals surface area contributed by atoms with E-state index < -0.39 is 0 Å². The highest BCUT2D eigenvalue weighted by atomic mass is 16.7. The van der Waals surface area contributed by atoms with Crippen LogP contribution >= 0.6 is 0 Å². The fourth-order valence-electron chi connectivity index (χ4n) is 10.9. The lowest BCUT2D eigenvalue weighted by atomic mass is 9.73. The zero-order valence-electron chi connectivity index (χ0n) is 31.0. The Labute approximate surface area is 309 Å². The third-order valence-corrected chi connectivity index (χ3v) is 14.9. The van der Waals surface area contributed by atoms with E-state index in [9.17, 15) is 0 Å². The fraction of sp³-hybridized carbons (Fsp3) is 0.581. The average molecular weight is 710 g/mol. The molecule has 9 nitrogen and oxygen atoms in total. The van der Waals surface area contributed by atoms with Gasteiger partial charge in [-0.3, -0.25) is 14.7 Å². The van der Waals surface area contributed by atoms with Crippen molar-refractivity contribution in [3.05, 3.63) is 69.8 Å². The van der Waals surface area contributed by atoms with Gasteiger partial charge >= 0.3 is 0 Å². The largest absolute Gasteiger partial charge is 0.454 e. The molecule has 0 aromatic heterocycles. The molecule has 0 spiro atoms. The van der Waals surface area contributed by atoms with Crippen LogP contribution in [-0.4, -0.2) is 72.8 Å². The molecule has 278 valence electrons. The Morgan fingerprint density at radius 2 is 0.692 bits per heavy atom. The standard InChI is InChI=1S/3C14H17NO2.CH4/c3*1-9-14(2)3-4-15(9)7-10-5-12-13(6-11(10)14)17-8-16-12;/h3*5-6,9H,3-4,7-8H2,1-2H3;1H4/t2*9?,14-;;/m10../s1. The first-order valence-corrected chi connectivity index (χ1v) is 19.1. The van der Waals surface area contributed by atoms with Crippen LogP contribution in [0.1, 0.15) is 102 Å². The second kappa shape index (κ2) is 11.9. The molecular weight excluding hydrogens is 654 g/mol. The summed E-state index contributed by atoms with van der Waals surface area (Å²) in [6.07, 6.45) is 3.75. The average Bonchev–Trinajstić information content (AvgIpc) is 3.97. The molecule has 7 unspecified atom stereocenters. The van der Waals surface area contributed by atoms with Crippen LogP contribution in [0.2, 0.25) is 0 Å². The summed E-state index contributed by atoms with van der Waals surface area (Å²) in [5.74, 6) is 5.54. The van der Waals surface area contributed by atoms with E-state index in [0.717, 1.165) is 54.1 Å². The highest BCUT2D eigenvalue weighted by Crippen LogP contribution is 2.52. The SMILES string of the molecule is C.CC1N2CCC1(C)c1cc3c(cc1C2)OCO3.CC1N2CC[C@@]1(C)c1cc3c(cc1C2)OCO3.CC1N2CC[C@]1(C)c1cc3c(cc1C2)OCO3. The minimum absolute atomic E-state index is 0. The van der Waals surface area contributed by atoms with E-state index in [4.69, 9.17) is 28.4 Å². The lowest BCUT2D eigenvalue weighted by Gasteiger charge is -2.39. The molecule has 3 aromatic rings. The maximum Gasteiger partial charge on any atom is 0.231 e. The first kappa shape index (κ1) is 34.1. The van der Waals surface area contributed by atoms with Gasteiger partial charge in [-0.1, -0.05) is 28.2 Å². The molecular formula is C43H55N3O6. The van der Waals surface area contributed by atoms with Gasteiger partial charge in [0.15, 0.2) is 34.5 Å². The number of rotatable bonds is 0. The molecule has 12 rings (SSSR count). The number of hydrogen-bond acceptors (Lipinski definition) is 9. The van der Waals surface area contributed by atoms with Crippen molar-refractivity contribution < 1.29 is 28.4 Å². The van der Waals surface area contributed by atoms with E-state index in [2.05, 4.69) is 92.6 Å². The second-order valence-electron chi connectivity index (χ2n) is 17.0. The van der Waals surface area contributed by atoms with Gasteiger partial charge in [-0.2, -0.15) is 0 Å². The van der Waals surface area contributed by atoms with Gasteiger partial charge in [-0.15, -0.1) is 0 Å². The van der Waals surface area contributed by atoms with Gasteiger partial charge in [0.05, 0.1) is 0 Å². The summed E-state index contributed by atoms with van der Waals surface area (Å²) in [7, 11) is 0. The maximum absolute atomic E-state index is 5.52. The quantitative estimate of drug-likeness (QED) is 0.237. The van der Waals surface area contributed by atoms with E-state index in [0.29, 0.717) is 38.5 Å². The molecule has 9 heteroatoms. The highest BCUT2D eigenvalue weighted by Gasteiger charge is 2.50. The van der Waals surface area contributed by atoms with E-state index in [1.165, 1.54) is 72.3 Å². The lowest BCUT2D eigenvalue weighted by Crippen LogP contribution is -2.42. The molecule has 3 saturated heterocycles.